The van der Waals surface area contributed by atoms with Crippen LogP contribution < -0.4 is 4.72 Å². The summed E-state index contributed by atoms with van der Waals surface area (Å²) in [6.07, 6.45) is 4.16. The fourth-order valence-electron chi connectivity index (χ4n) is 3.44. The molecule has 1 aromatic carbocycles. The maximum atomic E-state index is 12.8. The van der Waals surface area contributed by atoms with Gasteiger partial charge in [0.25, 0.3) is 0 Å². The van der Waals surface area contributed by atoms with Crippen LogP contribution >= 0.6 is 0 Å². The van der Waals surface area contributed by atoms with E-state index in [0.717, 1.165) is 43.5 Å². The number of halogens is 1. The molecule has 2 saturated carbocycles. The van der Waals surface area contributed by atoms with E-state index >= 15 is 0 Å². The van der Waals surface area contributed by atoms with E-state index in [1.54, 1.807) is 0 Å². The predicted octanol–water partition coefficient (Wildman–Crippen LogP) is 1.81. The molecule has 2 aliphatic rings. The molecule has 0 aromatic heterocycles. The van der Waals surface area contributed by atoms with Gasteiger partial charge < -0.3 is 0 Å². The standard InChI is InChI=1S/C13H16FNO4S2/c14-20(16,17)11-3-5-12(6-4-11)21(18,19)15-13-8-9-1-2-10(13)7-9/h3-6,9-10,13,15H,1-2,7-8H2. The Morgan fingerprint density at radius 1 is 0.952 bits per heavy atom. The number of fused-ring (bicyclic) bond motifs is 2. The topological polar surface area (TPSA) is 80.3 Å². The van der Waals surface area contributed by atoms with Gasteiger partial charge in [0.15, 0.2) is 0 Å². The Kier molecular flexibility index (Phi) is 3.58. The fourth-order valence-corrected chi connectivity index (χ4v) is 5.22. The summed E-state index contributed by atoms with van der Waals surface area (Å²) in [6, 6.07) is 4.11. The van der Waals surface area contributed by atoms with Gasteiger partial charge in [-0.1, -0.05) is 6.42 Å². The van der Waals surface area contributed by atoms with Crippen LogP contribution in [0.2, 0.25) is 0 Å². The zero-order valence-corrected chi connectivity index (χ0v) is 12.8. The molecule has 8 heteroatoms. The Labute approximate surface area is 123 Å². The molecule has 5 nitrogen and oxygen atoms in total. The summed E-state index contributed by atoms with van der Waals surface area (Å²) in [5.41, 5.74) is 0. The number of nitrogens with one attached hydrogen (secondary N) is 1. The van der Waals surface area contributed by atoms with Gasteiger partial charge in [-0.25, -0.2) is 13.1 Å². The van der Waals surface area contributed by atoms with E-state index in [0.29, 0.717) is 11.8 Å². The van der Waals surface area contributed by atoms with Crippen molar-refractivity contribution in [3.63, 3.8) is 0 Å². The van der Waals surface area contributed by atoms with Gasteiger partial charge in [0, 0.05) is 6.04 Å². The summed E-state index contributed by atoms with van der Waals surface area (Å²) in [7, 11) is -8.51. The first-order valence-electron chi connectivity index (χ1n) is 6.83. The van der Waals surface area contributed by atoms with E-state index in [4.69, 9.17) is 0 Å². The first kappa shape index (κ1) is 14.9. The van der Waals surface area contributed by atoms with E-state index in [2.05, 4.69) is 4.72 Å². The Morgan fingerprint density at radius 3 is 2.05 bits per heavy atom. The summed E-state index contributed by atoms with van der Waals surface area (Å²) in [5, 5.41) is 0. The highest BCUT2D eigenvalue weighted by Crippen LogP contribution is 2.44. The fraction of sp³-hybridized carbons (Fsp3) is 0.538. The maximum Gasteiger partial charge on any atom is 0.332 e. The minimum absolute atomic E-state index is 0.0432. The molecule has 2 fully saturated rings. The van der Waals surface area contributed by atoms with E-state index in [-0.39, 0.29) is 10.9 Å². The van der Waals surface area contributed by atoms with Crippen molar-refractivity contribution in [3.05, 3.63) is 24.3 Å². The minimum atomic E-state index is -4.81. The molecule has 1 N–H and O–H groups in total. The van der Waals surface area contributed by atoms with E-state index < -0.39 is 25.1 Å². The third-order valence-corrected chi connectivity index (χ3v) is 6.80. The lowest BCUT2D eigenvalue weighted by molar-refractivity contribution is 0.390. The minimum Gasteiger partial charge on any atom is -0.208 e. The van der Waals surface area contributed by atoms with Crippen LogP contribution in [0.15, 0.2) is 34.1 Å². The first-order chi connectivity index (χ1) is 9.75. The maximum absolute atomic E-state index is 12.8. The first-order valence-corrected chi connectivity index (χ1v) is 9.69. The van der Waals surface area contributed by atoms with Crippen molar-refractivity contribution in [2.24, 2.45) is 11.8 Å². The highest BCUT2D eigenvalue weighted by atomic mass is 32.3. The van der Waals surface area contributed by atoms with Gasteiger partial charge in [0.05, 0.1) is 9.79 Å². The van der Waals surface area contributed by atoms with E-state index in [9.17, 15) is 20.7 Å². The second kappa shape index (κ2) is 5.03. The quantitative estimate of drug-likeness (QED) is 0.852. The zero-order chi connectivity index (χ0) is 15.3. The van der Waals surface area contributed by atoms with Crippen LogP contribution in [0.25, 0.3) is 0 Å². The molecule has 0 amide bonds. The van der Waals surface area contributed by atoms with Crippen LogP contribution in [0.3, 0.4) is 0 Å². The zero-order valence-electron chi connectivity index (χ0n) is 11.2. The molecule has 2 aliphatic carbocycles. The molecule has 1 aromatic rings. The third-order valence-electron chi connectivity index (χ3n) is 4.46. The largest absolute Gasteiger partial charge is 0.332 e. The lowest BCUT2D eigenvalue weighted by Crippen LogP contribution is -2.38. The predicted molar refractivity (Wildman–Crippen MR) is 74.3 cm³/mol. The average Bonchev–Trinajstić information content (AvgIpc) is 2.99. The molecule has 0 saturated heterocycles. The van der Waals surface area contributed by atoms with Gasteiger partial charge in [-0.05, 0) is 55.4 Å². The molecule has 0 heterocycles. The SMILES string of the molecule is O=S(=O)(F)c1ccc(S(=O)(=O)NC2CC3CCC2C3)cc1. The van der Waals surface area contributed by atoms with E-state index in [1.807, 2.05) is 0 Å². The lowest BCUT2D eigenvalue weighted by atomic mass is 9.96. The molecular weight excluding hydrogens is 317 g/mol. The molecule has 3 atom stereocenters. The second-order valence-corrected chi connectivity index (χ2v) is 8.87. The number of rotatable bonds is 4. The number of hydrogen-bond donors (Lipinski definition) is 1. The molecule has 3 unspecified atom stereocenters. The van der Waals surface area contributed by atoms with Crippen LogP contribution in [-0.4, -0.2) is 22.9 Å². The van der Waals surface area contributed by atoms with Gasteiger partial charge in [-0.3, -0.25) is 0 Å². The summed E-state index contributed by atoms with van der Waals surface area (Å²) in [6.45, 7) is 0. The lowest BCUT2D eigenvalue weighted by Gasteiger charge is -2.22. The molecule has 3 rings (SSSR count). The summed E-state index contributed by atoms with van der Waals surface area (Å²) in [5.74, 6) is 1.01. The van der Waals surface area contributed by atoms with Crippen molar-refractivity contribution >= 4 is 20.2 Å². The molecule has 21 heavy (non-hydrogen) atoms. The normalized spacial score (nSPS) is 28.9. The van der Waals surface area contributed by atoms with Crippen molar-refractivity contribution in [2.75, 3.05) is 0 Å². The van der Waals surface area contributed by atoms with Gasteiger partial charge in [0.2, 0.25) is 10.0 Å². The molecule has 2 bridgehead atoms. The third kappa shape index (κ3) is 2.97. The van der Waals surface area contributed by atoms with Gasteiger partial charge in [0.1, 0.15) is 0 Å². The number of sulfonamides is 1. The average molecular weight is 333 g/mol. The molecule has 0 aliphatic heterocycles. The number of benzene rings is 1. The van der Waals surface area contributed by atoms with Crippen molar-refractivity contribution < 1.29 is 20.7 Å². The van der Waals surface area contributed by atoms with Crippen molar-refractivity contribution in [2.45, 2.75) is 41.5 Å². The van der Waals surface area contributed by atoms with Crippen molar-refractivity contribution in [3.8, 4) is 0 Å². The van der Waals surface area contributed by atoms with Crippen molar-refractivity contribution in [1.82, 2.24) is 4.72 Å². The Hall–Kier alpha value is -0.990. The summed E-state index contributed by atoms with van der Waals surface area (Å²) >= 11 is 0. The molecule has 116 valence electrons. The molecule has 0 spiro atoms. The summed E-state index contributed by atoms with van der Waals surface area (Å²) in [4.78, 5) is -0.584. The van der Waals surface area contributed by atoms with Crippen LogP contribution in [0.5, 0.6) is 0 Å². The van der Waals surface area contributed by atoms with Crippen LogP contribution in [-0.2, 0) is 20.2 Å². The molecule has 0 radical (unpaired) electrons. The molecular formula is C13H16FNO4S2. The van der Waals surface area contributed by atoms with Crippen molar-refractivity contribution in [1.29, 1.82) is 0 Å². The van der Waals surface area contributed by atoms with Gasteiger partial charge >= 0.3 is 10.2 Å². The van der Waals surface area contributed by atoms with Crippen LogP contribution in [0, 0.1) is 11.8 Å². The second-order valence-electron chi connectivity index (χ2n) is 5.81. The number of hydrogen-bond acceptors (Lipinski definition) is 4. The smallest absolute Gasteiger partial charge is 0.208 e. The van der Waals surface area contributed by atoms with Crippen LogP contribution in [0.4, 0.5) is 3.89 Å². The summed E-state index contributed by atoms with van der Waals surface area (Å²) < 4.78 is 61.5. The Morgan fingerprint density at radius 2 is 1.57 bits per heavy atom. The monoisotopic (exact) mass is 333 g/mol. The van der Waals surface area contributed by atoms with Gasteiger partial charge in [-0.15, -0.1) is 3.89 Å². The highest BCUT2D eigenvalue weighted by Gasteiger charge is 2.41. The highest BCUT2D eigenvalue weighted by molar-refractivity contribution is 7.89. The Bertz CT molecular complexity index is 743. The van der Waals surface area contributed by atoms with Crippen LogP contribution in [0.1, 0.15) is 25.7 Å². The Balaban J connectivity index is 1.79. The van der Waals surface area contributed by atoms with Gasteiger partial charge in [-0.2, -0.15) is 8.42 Å². The van der Waals surface area contributed by atoms with E-state index in [1.165, 1.54) is 6.42 Å².